The van der Waals surface area contributed by atoms with E-state index in [4.69, 9.17) is 5.11 Å². The van der Waals surface area contributed by atoms with Crippen molar-refractivity contribution in [3.05, 3.63) is 0 Å². The SMILES string of the molecule is CCCC(O)NCN(CNC(C)O)C(C)(C)O. The van der Waals surface area contributed by atoms with Crippen LogP contribution in [0.1, 0.15) is 40.5 Å². The minimum Gasteiger partial charge on any atom is -0.379 e. The van der Waals surface area contributed by atoms with Crippen molar-refractivity contribution >= 4 is 0 Å². The van der Waals surface area contributed by atoms with E-state index in [-0.39, 0.29) is 0 Å². The van der Waals surface area contributed by atoms with E-state index in [0.29, 0.717) is 19.8 Å². The molecule has 0 aliphatic carbocycles. The van der Waals surface area contributed by atoms with Crippen molar-refractivity contribution in [3.63, 3.8) is 0 Å². The van der Waals surface area contributed by atoms with Crippen LogP contribution in [0.25, 0.3) is 0 Å². The summed E-state index contributed by atoms with van der Waals surface area (Å²) in [5, 5.41) is 34.3. The van der Waals surface area contributed by atoms with Crippen molar-refractivity contribution in [2.24, 2.45) is 0 Å². The predicted octanol–water partition coefficient (Wildman–Crippen LogP) is -0.432. The Hall–Kier alpha value is -0.240. The summed E-state index contributed by atoms with van der Waals surface area (Å²) in [6.45, 7) is 7.59. The Morgan fingerprint density at radius 3 is 2.12 bits per heavy atom. The summed E-state index contributed by atoms with van der Waals surface area (Å²) >= 11 is 0. The predicted molar refractivity (Wildman–Crippen MR) is 66.7 cm³/mol. The van der Waals surface area contributed by atoms with Gasteiger partial charge in [-0.25, -0.2) is 0 Å². The molecule has 0 aromatic heterocycles. The van der Waals surface area contributed by atoms with E-state index in [0.717, 1.165) is 6.42 Å². The van der Waals surface area contributed by atoms with Gasteiger partial charge in [0.15, 0.2) is 0 Å². The quantitative estimate of drug-likeness (QED) is 0.356. The molecule has 0 heterocycles. The number of hydrogen-bond acceptors (Lipinski definition) is 6. The fourth-order valence-electron chi connectivity index (χ4n) is 1.28. The lowest BCUT2D eigenvalue weighted by atomic mass is 10.3. The molecule has 0 bridgehead atoms. The van der Waals surface area contributed by atoms with Crippen LogP contribution in [0.3, 0.4) is 0 Å². The number of nitrogens with one attached hydrogen (secondary N) is 2. The maximum absolute atomic E-state index is 9.92. The molecule has 0 saturated carbocycles. The van der Waals surface area contributed by atoms with Gasteiger partial charge in [0.05, 0.1) is 13.3 Å². The molecule has 0 aliphatic rings. The number of hydrogen-bond donors (Lipinski definition) is 5. The third-order valence-electron chi connectivity index (χ3n) is 2.43. The zero-order chi connectivity index (χ0) is 13.5. The molecule has 0 aromatic carbocycles. The fraction of sp³-hybridized carbons (Fsp3) is 1.00. The molecule has 0 radical (unpaired) electrons. The van der Waals surface area contributed by atoms with Crippen molar-refractivity contribution in [1.82, 2.24) is 15.5 Å². The van der Waals surface area contributed by atoms with E-state index in [9.17, 15) is 10.2 Å². The fourth-order valence-corrected chi connectivity index (χ4v) is 1.28. The third-order valence-corrected chi connectivity index (χ3v) is 2.43. The Morgan fingerprint density at radius 1 is 1.18 bits per heavy atom. The molecule has 0 fully saturated rings. The maximum Gasteiger partial charge on any atom is 0.114 e. The van der Waals surface area contributed by atoms with Gasteiger partial charge in [0.2, 0.25) is 0 Å². The highest BCUT2D eigenvalue weighted by molar-refractivity contribution is 4.68. The molecule has 0 rings (SSSR count). The second-order valence-corrected chi connectivity index (χ2v) is 4.74. The number of aliphatic hydroxyl groups excluding tert-OH is 2. The Labute approximate surface area is 104 Å². The molecule has 0 saturated heterocycles. The van der Waals surface area contributed by atoms with Gasteiger partial charge < -0.3 is 15.3 Å². The molecule has 0 amide bonds. The first-order chi connectivity index (χ1) is 7.77. The molecular formula is C11H27N3O3. The Morgan fingerprint density at radius 2 is 1.71 bits per heavy atom. The normalized spacial score (nSPS) is 16.2. The Bertz CT molecular complexity index is 195. The molecule has 104 valence electrons. The first kappa shape index (κ1) is 16.8. The van der Waals surface area contributed by atoms with E-state index < -0.39 is 18.2 Å². The second kappa shape index (κ2) is 7.97. The highest BCUT2D eigenvalue weighted by atomic mass is 16.3. The summed E-state index contributed by atoms with van der Waals surface area (Å²) < 4.78 is 0. The summed E-state index contributed by atoms with van der Waals surface area (Å²) in [5.41, 5.74) is -1.03. The molecule has 2 unspecified atom stereocenters. The molecule has 6 nitrogen and oxygen atoms in total. The Balaban J connectivity index is 4.11. The minimum absolute atomic E-state index is 0.326. The number of rotatable bonds is 9. The van der Waals surface area contributed by atoms with Crippen molar-refractivity contribution in [2.45, 2.75) is 58.7 Å². The maximum atomic E-state index is 9.92. The third kappa shape index (κ3) is 8.48. The van der Waals surface area contributed by atoms with Gasteiger partial charge in [0, 0.05) is 0 Å². The van der Waals surface area contributed by atoms with E-state index >= 15 is 0 Å². The van der Waals surface area contributed by atoms with Gasteiger partial charge in [-0.1, -0.05) is 13.3 Å². The van der Waals surface area contributed by atoms with Gasteiger partial charge >= 0.3 is 0 Å². The molecular weight excluding hydrogens is 222 g/mol. The van der Waals surface area contributed by atoms with E-state index in [1.807, 2.05) is 6.92 Å². The lowest BCUT2D eigenvalue weighted by molar-refractivity contribution is -0.0967. The zero-order valence-electron chi connectivity index (χ0n) is 11.3. The largest absolute Gasteiger partial charge is 0.379 e. The van der Waals surface area contributed by atoms with Gasteiger partial charge in [0.1, 0.15) is 18.2 Å². The standard InChI is InChI=1S/C11H27N3O3/c1-5-6-10(16)13-8-14(11(3,4)17)7-12-9(2)15/h9-10,12-13,15-17H,5-8H2,1-4H3. The molecule has 5 N–H and O–H groups in total. The van der Waals surface area contributed by atoms with Crippen LogP contribution in [0.2, 0.25) is 0 Å². The van der Waals surface area contributed by atoms with Crippen LogP contribution in [0.4, 0.5) is 0 Å². The van der Waals surface area contributed by atoms with Crippen LogP contribution in [-0.4, -0.2) is 51.7 Å². The molecule has 17 heavy (non-hydrogen) atoms. The Kier molecular flexibility index (Phi) is 7.85. The second-order valence-electron chi connectivity index (χ2n) is 4.74. The highest BCUT2D eigenvalue weighted by Crippen LogP contribution is 2.07. The number of aliphatic hydroxyl groups is 3. The molecule has 0 aromatic rings. The smallest absolute Gasteiger partial charge is 0.114 e. The monoisotopic (exact) mass is 249 g/mol. The average Bonchev–Trinajstić information content (AvgIpc) is 2.15. The van der Waals surface area contributed by atoms with Gasteiger partial charge in [-0.05, 0) is 27.2 Å². The van der Waals surface area contributed by atoms with Crippen molar-refractivity contribution in [1.29, 1.82) is 0 Å². The van der Waals surface area contributed by atoms with Crippen LogP contribution in [0, 0.1) is 0 Å². The van der Waals surface area contributed by atoms with Gasteiger partial charge in [-0.3, -0.25) is 15.5 Å². The van der Waals surface area contributed by atoms with Gasteiger partial charge in [0.25, 0.3) is 0 Å². The lowest BCUT2D eigenvalue weighted by Gasteiger charge is -2.35. The summed E-state index contributed by atoms with van der Waals surface area (Å²) in [6, 6.07) is 0. The number of nitrogens with zero attached hydrogens (tertiary/aromatic N) is 1. The van der Waals surface area contributed by atoms with Crippen LogP contribution < -0.4 is 10.6 Å². The summed E-state index contributed by atoms with van der Waals surface area (Å²) in [4.78, 5) is 1.68. The van der Waals surface area contributed by atoms with Crippen molar-refractivity contribution < 1.29 is 15.3 Å². The first-order valence-corrected chi connectivity index (χ1v) is 6.07. The van der Waals surface area contributed by atoms with E-state index in [1.165, 1.54) is 0 Å². The zero-order valence-corrected chi connectivity index (χ0v) is 11.3. The lowest BCUT2D eigenvalue weighted by Crippen LogP contribution is -2.54. The molecule has 0 aliphatic heterocycles. The topological polar surface area (TPSA) is 88.0 Å². The van der Waals surface area contributed by atoms with Gasteiger partial charge in [-0.15, -0.1) is 0 Å². The van der Waals surface area contributed by atoms with Crippen LogP contribution in [0.5, 0.6) is 0 Å². The van der Waals surface area contributed by atoms with Crippen LogP contribution >= 0.6 is 0 Å². The van der Waals surface area contributed by atoms with Crippen LogP contribution in [0.15, 0.2) is 0 Å². The summed E-state index contributed by atoms with van der Waals surface area (Å²) in [6.07, 6.45) is 0.350. The van der Waals surface area contributed by atoms with E-state index in [2.05, 4.69) is 10.6 Å². The van der Waals surface area contributed by atoms with Crippen molar-refractivity contribution in [2.75, 3.05) is 13.3 Å². The highest BCUT2D eigenvalue weighted by Gasteiger charge is 2.23. The molecule has 2 atom stereocenters. The summed E-state index contributed by atoms with van der Waals surface area (Å²) in [5.74, 6) is 0. The average molecular weight is 249 g/mol. The van der Waals surface area contributed by atoms with E-state index in [1.54, 1.807) is 25.7 Å². The minimum atomic E-state index is -1.03. The van der Waals surface area contributed by atoms with Crippen LogP contribution in [-0.2, 0) is 0 Å². The molecule has 6 heteroatoms. The first-order valence-electron chi connectivity index (χ1n) is 6.07. The molecule has 0 spiro atoms. The van der Waals surface area contributed by atoms with Gasteiger partial charge in [-0.2, -0.15) is 0 Å². The summed E-state index contributed by atoms with van der Waals surface area (Å²) in [7, 11) is 0. The van der Waals surface area contributed by atoms with Crippen molar-refractivity contribution in [3.8, 4) is 0 Å².